The van der Waals surface area contributed by atoms with Gasteiger partial charge in [0.2, 0.25) is 5.89 Å². The van der Waals surface area contributed by atoms with Crippen LogP contribution in [0, 0.1) is 11.8 Å². The number of nitrogens with zero attached hydrogens (tertiary/aromatic N) is 2. The molecule has 0 amide bonds. The van der Waals surface area contributed by atoms with Crippen LogP contribution in [0.3, 0.4) is 0 Å². The summed E-state index contributed by atoms with van der Waals surface area (Å²) in [5, 5.41) is 9.25. The van der Waals surface area contributed by atoms with E-state index in [0.717, 1.165) is 28.7 Å². The monoisotopic (exact) mass is 378 g/mol. The normalized spacial score (nSPS) is 22.2. The van der Waals surface area contributed by atoms with E-state index in [1.165, 1.54) is 0 Å². The second-order valence-electron chi connectivity index (χ2n) is 6.22. The maximum atomic E-state index is 11.2. The van der Waals surface area contributed by atoms with Gasteiger partial charge in [-0.15, -0.1) is 0 Å². The number of oxazole rings is 1. The van der Waals surface area contributed by atoms with Gasteiger partial charge < -0.3 is 9.52 Å². The summed E-state index contributed by atoms with van der Waals surface area (Å²) < 4.78 is 6.57. The van der Waals surface area contributed by atoms with Crippen LogP contribution in [-0.2, 0) is 11.3 Å². The summed E-state index contributed by atoms with van der Waals surface area (Å²) in [6.45, 7) is 4.18. The highest BCUT2D eigenvalue weighted by Gasteiger charge is 2.29. The Balaban J connectivity index is 1.69. The molecule has 3 rings (SSSR count). The number of benzene rings is 1. The van der Waals surface area contributed by atoms with Crippen LogP contribution < -0.4 is 0 Å². The maximum absolute atomic E-state index is 11.2. The standard InChI is InChI=1S/C17H19BrN2O3/c1-11-6-13(17(21)22)8-20(7-11)9-15-10-23-16(19-15)12-2-4-14(18)5-3-12/h2-5,10-11,13H,6-9H2,1H3,(H,21,22). The minimum absolute atomic E-state index is 0.295. The number of hydrogen-bond acceptors (Lipinski definition) is 4. The summed E-state index contributed by atoms with van der Waals surface area (Å²) in [5.41, 5.74) is 1.76. The molecule has 2 aromatic rings. The molecule has 1 N–H and O–H groups in total. The Kier molecular flexibility index (Phi) is 4.82. The van der Waals surface area contributed by atoms with E-state index in [9.17, 15) is 9.90 Å². The summed E-state index contributed by atoms with van der Waals surface area (Å²) >= 11 is 3.41. The van der Waals surface area contributed by atoms with Crippen LogP contribution in [0.2, 0.25) is 0 Å². The van der Waals surface area contributed by atoms with Crippen LogP contribution in [0.4, 0.5) is 0 Å². The summed E-state index contributed by atoms with van der Waals surface area (Å²) in [5.74, 6) is -0.0381. The number of likely N-dealkylation sites (tertiary alicyclic amines) is 1. The van der Waals surface area contributed by atoms with Gasteiger partial charge in [-0.3, -0.25) is 9.69 Å². The van der Waals surface area contributed by atoms with Crippen molar-refractivity contribution in [3.8, 4) is 11.5 Å². The molecular formula is C17H19BrN2O3. The van der Waals surface area contributed by atoms with Gasteiger partial charge in [0.15, 0.2) is 0 Å². The van der Waals surface area contributed by atoms with Crippen molar-refractivity contribution in [2.24, 2.45) is 11.8 Å². The van der Waals surface area contributed by atoms with E-state index in [1.807, 2.05) is 24.3 Å². The van der Waals surface area contributed by atoms with Gasteiger partial charge in [-0.1, -0.05) is 22.9 Å². The fourth-order valence-corrected chi connectivity index (χ4v) is 3.37. The SMILES string of the molecule is CC1CC(C(=O)O)CN(Cc2coc(-c3ccc(Br)cc3)n2)C1. The van der Waals surface area contributed by atoms with Crippen molar-refractivity contribution in [1.82, 2.24) is 9.88 Å². The fraction of sp³-hybridized carbons (Fsp3) is 0.412. The molecule has 5 nitrogen and oxygen atoms in total. The quantitative estimate of drug-likeness (QED) is 0.879. The first kappa shape index (κ1) is 16.2. The molecule has 0 aliphatic carbocycles. The number of piperidine rings is 1. The van der Waals surface area contributed by atoms with Crippen molar-refractivity contribution in [2.45, 2.75) is 19.9 Å². The molecule has 1 aromatic carbocycles. The molecule has 1 aliphatic heterocycles. The van der Waals surface area contributed by atoms with E-state index in [0.29, 0.717) is 24.9 Å². The first-order chi connectivity index (χ1) is 11.0. The Morgan fingerprint density at radius 2 is 2.13 bits per heavy atom. The lowest BCUT2D eigenvalue weighted by atomic mass is 9.90. The lowest BCUT2D eigenvalue weighted by Gasteiger charge is -2.34. The zero-order valence-corrected chi connectivity index (χ0v) is 14.5. The Morgan fingerprint density at radius 3 is 2.83 bits per heavy atom. The second kappa shape index (κ2) is 6.84. The predicted octanol–water partition coefficient (Wildman–Crippen LogP) is 3.65. The molecule has 0 radical (unpaired) electrons. The number of carboxylic acids is 1. The Morgan fingerprint density at radius 1 is 1.39 bits per heavy atom. The molecule has 1 saturated heterocycles. The Hall–Kier alpha value is -1.66. The van der Waals surface area contributed by atoms with Gasteiger partial charge in [0.05, 0.1) is 11.6 Å². The third kappa shape index (κ3) is 4.00. The number of aliphatic carboxylic acids is 1. The number of carboxylic acid groups (broad SMARTS) is 1. The van der Waals surface area contributed by atoms with Crippen LogP contribution in [-0.4, -0.2) is 34.0 Å². The van der Waals surface area contributed by atoms with E-state index < -0.39 is 5.97 Å². The van der Waals surface area contributed by atoms with Gasteiger partial charge in [0, 0.05) is 29.7 Å². The van der Waals surface area contributed by atoms with E-state index >= 15 is 0 Å². The van der Waals surface area contributed by atoms with Gasteiger partial charge >= 0.3 is 5.97 Å². The Labute approximate surface area is 143 Å². The molecule has 0 spiro atoms. The van der Waals surface area contributed by atoms with Crippen molar-refractivity contribution in [2.75, 3.05) is 13.1 Å². The van der Waals surface area contributed by atoms with E-state index in [2.05, 4.69) is 32.7 Å². The molecule has 0 saturated carbocycles. The smallest absolute Gasteiger partial charge is 0.307 e. The molecule has 2 heterocycles. The average molecular weight is 379 g/mol. The molecule has 6 heteroatoms. The number of rotatable bonds is 4. The third-order valence-corrected chi connectivity index (χ3v) is 4.64. The van der Waals surface area contributed by atoms with Crippen molar-refractivity contribution >= 4 is 21.9 Å². The van der Waals surface area contributed by atoms with Gasteiger partial charge in [0.1, 0.15) is 6.26 Å². The van der Waals surface area contributed by atoms with Crippen molar-refractivity contribution in [1.29, 1.82) is 0 Å². The van der Waals surface area contributed by atoms with Gasteiger partial charge in [-0.25, -0.2) is 4.98 Å². The van der Waals surface area contributed by atoms with Gasteiger partial charge in [-0.2, -0.15) is 0 Å². The van der Waals surface area contributed by atoms with E-state index in [4.69, 9.17) is 4.42 Å². The molecule has 0 bridgehead atoms. The molecule has 2 unspecified atom stereocenters. The zero-order valence-electron chi connectivity index (χ0n) is 12.9. The minimum atomic E-state index is -0.711. The van der Waals surface area contributed by atoms with Crippen molar-refractivity contribution in [3.63, 3.8) is 0 Å². The van der Waals surface area contributed by atoms with Crippen LogP contribution in [0.15, 0.2) is 39.4 Å². The number of aromatic nitrogens is 1. The summed E-state index contributed by atoms with van der Waals surface area (Å²) in [7, 11) is 0. The highest BCUT2D eigenvalue weighted by atomic mass is 79.9. The lowest BCUT2D eigenvalue weighted by Crippen LogP contribution is -2.42. The highest BCUT2D eigenvalue weighted by molar-refractivity contribution is 9.10. The van der Waals surface area contributed by atoms with Gasteiger partial charge in [-0.05, 0) is 36.6 Å². The third-order valence-electron chi connectivity index (χ3n) is 4.11. The molecule has 1 aromatic heterocycles. The Bertz CT molecular complexity index is 683. The number of carbonyl (C=O) groups is 1. The fourth-order valence-electron chi connectivity index (χ4n) is 3.10. The van der Waals surface area contributed by atoms with Crippen molar-refractivity contribution < 1.29 is 14.3 Å². The van der Waals surface area contributed by atoms with Crippen LogP contribution in [0.25, 0.3) is 11.5 Å². The first-order valence-corrected chi connectivity index (χ1v) is 8.46. The van der Waals surface area contributed by atoms with E-state index in [-0.39, 0.29) is 5.92 Å². The largest absolute Gasteiger partial charge is 0.481 e. The zero-order chi connectivity index (χ0) is 16.4. The van der Waals surface area contributed by atoms with Gasteiger partial charge in [0.25, 0.3) is 0 Å². The molecule has 1 aliphatic rings. The molecule has 122 valence electrons. The number of hydrogen-bond donors (Lipinski definition) is 1. The maximum Gasteiger partial charge on any atom is 0.307 e. The minimum Gasteiger partial charge on any atom is -0.481 e. The average Bonchev–Trinajstić information content (AvgIpc) is 2.95. The van der Waals surface area contributed by atoms with E-state index in [1.54, 1.807) is 6.26 Å². The van der Waals surface area contributed by atoms with Crippen LogP contribution in [0.1, 0.15) is 19.0 Å². The second-order valence-corrected chi connectivity index (χ2v) is 7.14. The summed E-state index contributed by atoms with van der Waals surface area (Å²) in [6, 6.07) is 7.79. The first-order valence-electron chi connectivity index (χ1n) is 7.67. The highest BCUT2D eigenvalue weighted by Crippen LogP contribution is 2.25. The molecular weight excluding hydrogens is 360 g/mol. The molecule has 2 atom stereocenters. The number of halogens is 1. The summed E-state index contributed by atoms with van der Waals surface area (Å²) in [6.07, 6.45) is 2.40. The molecule has 1 fully saturated rings. The summed E-state index contributed by atoms with van der Waals surface area (Å²) in [4.78, 5) is 17.9. The lowest BCUT2D eigenvalue weighted by molar-refractivity contribution is -0.144. The predicted molar refractivity (Wildman–Crippen MR) is 89.8 cm³/mol. The van der Waals surface area contributed by atoms with Crippen LogP contribution >= 0.6 is 15.9 Å². The van der Waals surface area contributed by atoms with Crippen LogP contribution in [0.5, 0.6) is 0 Å². The van der Waals surface area contributed by atoms with Crippen molar-refractivity contribution in [3.05, 3.63) is 40.7 Å². The topological polar surface area (TPSA) is 66.6 Å². The molecule has 23 heavy (non-hydrogen) atoms.